The maximum absolute atomic E-state index is 11.8. The van der Waals surface area contributed by atoms with Gasteiger partial charge >= 0.3 is 0 Å². The average Bonchev–Trinajstić information content (AvgIpc) is 2.21. The molecule has 0 bridgehead atoms. The molecule has 0 aliphatic carbocycles. The van der Waals surface area contributed by atoms with Crippen LogP contribution in [0.2, 0.25) is 0 Å². The molecule has 6 heteroatoms. The zero-order valence-corrected chi connectivity index (χ0v) is 11.8. The van der Waals surface area contributed by atoms with Gasteiger partial charge in [0, 0.05) is 4.43 Å². The van der Waals surface area contributed by atoms with Gasteiger partial charge in [0.15, 0.2) is 9.84 Å². The lowest BCUT2D eigenvalue weighted by Gasteiger charge is -2.07. The number of aryl methyl sites for hydroxylation is 1. The lowest BCUT2D eigenvalue weighted by atomic mass is 10.1. The first-order chi connectivity index (χ1) is 7.51. The number of hydrogen-bond donors (Lipinski definition) is 1. The molecule has 1 aromatic rings. The Morgan fingerprint density at radius 1 is 1.44 bits per heavy atom. The van der Waals surface area contributed by atoms with Crippen LogP contribution in [0.1, 0.15) is 11.1 Å². The molecule has 0 fully saturated rings. The predicted molar refractivity (Wildman–Crippen MR) is 69.5 cm³/mol. The van der Waals surface area contributed by atoms with Crippen molar-refractivity contribution in [2.24, 2.45) is 0 Å². The van der Waals surface area contributed by atoms with Gasteiger partial charge in [0.2, 0.25) is 0 Å². The maximum atomic E-state index is 11.8. The average molecular weight is 356 g/mol. The second-order valence-electron chi connectivity index (χ2n) is 3.37. The number of alkyl halides is 1. The van der Waals surface area contributed by atoms with E-state index in [1.165, 1.54) is 0 Å². The number of hydrogen-bond acceptors (Lipinski definition) is 4. The third-order valence-electron chi connectivity index (χ3n) is 2.25. The zero-order chi connectivity index (χ0) is 12.2. The third kappa shape index (κ3) is 3.41. The molecule has 0 atom stereocenters. The third-order valence-corrected chi connectivity index (χ3v) is 5.23. The molecule has 0 aromatic heterocycles. The molecule has 16 heavy (non-hydrogen) atoms. The molecule has 1 N–H and O–H groups in total. The Morgan fingerprint density at radius 3 is 2.69 bits per heavy atom. The Morgan fingerprint density at radius 2 is 2.12 bits per heavy atom. The zero-order valence-electron chi connectivity index (χ0n) is 8.81. The van der Waals surface area contributed by atoms with E-state index in [1.807, 2.05) is 29.5 Å². The monoisotopic (exact) mass is 356 g/mol. The number of halogens is 1. The largest absolute Gasteiger partial charge is 0.251 e. The molecular formula is C10H13IO4S. The summed E-state index contributed by atoms with van der Waals surface area (Å²) in [5.74, 6) is 0.121. The van der Waals surface area contributed by atoms with Crippen molar-refractivity contribution < 1.29 is 18.6 Å². The Hall–Kier alpha value is -0.180. The fraction of sp³-hybridized carbons (Fsp3) is 0.400. The van der Waals surface area contributed by atoms with Crippen LogP contribution >= 0.6 is 22.6 Å². The highest BCUT2D eigenvalue weighted by Crippen LogP contribution is 2.17. The molecule has 0 aliphatic heterocycles. The summed E-state index contributed by atoms with van der Waals surface area (Å²) in [6.07, 6.45) is 0. The van der Waals surface area contributed by atoms with Crippen molar-refractivity contribution in [3.63, 3.8) is 0 Å². The van der Waals surface area contributed by atoms with Gasteiger partial charge in [0.25, 0.3) is 0 Å². The summed E-state index contributed by atoms with van der Waals surface area (Å²) in [7, 11) is -3.21. The van der Waals surface area contributed by atoms with Crippen LogP contribution in [0.25, 0.3) is 0 Å². The molecule has 0 spiro atoms. The molecule has 0 radical (unpaired) electrons. The first-order valence-electron chi connectivity index (χ1n) is 4.66. The maximum Gasteiger partial charge on any atom is 0.179 e. The first kappa shape index (κ1) is 13.9. The summed E-state index contributed by atoms with van der Waals surface area (Å²) >= 11 is 2.03. The molecule has 4 nitrogen and oxygen atoms in total. The van der Waals surface area contributed by atoms with Crippen molar-refractivity contribution in [1.29, 1.82) is 0 Å². The summed E-state index contributed by atoms with van der Waals surface area (Å²) in [6.45, 7) is 1.84. The van der Waals surface area contributed by atoms with E-state index in [-0.39, 0.29) is 17.3 Å². The van der Waals surface area contributed by atoms with Crippen LogP contribution in [0, 0.1) is 6.92 Å². The summed E-state index contributed by atoms with van der Waals surface area (Å²) in [4.78, 5) is 4.32. The van der Waals surface area contributed by atoms with Crippen LogP contribution in [-0.2, 0) is 21.3 Å². The molecule has 0 amide bonds. The van der Waals surface area contributed by atoms with Crippen molar-refractivity contribution in [3.8, 4) is 0 Å². The van der Waals surface area contributed by atoms with Crippen molar-refractivity contribution in [3.05, 3.63) is 29.3 Å². The van der Waals surface area contributed by atoms with Gasteiger partial charge in [-0.1, -0.05) is 28.7 Å². The first-order valence-corrected chi connectivity index (χ1v) is 7.83. The summed E-state index contributed by atoms with van der Waals surface area (Å²) in [6, 6.07) is 4.85. The minimum absolute atomic E-state index is 0.000567. The van der Waals surface area contributed by atoms with Gasteiger partial charge in [0.1, 0.15) is 6.61 Å². The normalized spacial score (nSPS) is 11.7. The van der Waals surface area contributed by atoms with Crippen molar-refractivity contribution >= 4 is 32.4 Å². The van der Waals surface area contributed by atoms with Gasteiger partial charge in [-0.3, -0.25) is 5.26 Å². The Bertz CT molecular complexity index is 456. The standard InChI is InChI=1S/C10H13IO4S/c1-8-2-3-10(6-9(8)7-15-12)16(13,14)5-4-11/h2-3,6,12H,4-5,7H2,1H3. The molecule has 1 rings (SSSR count). The number of sulfone groups is 1. The second-order valence-corrected chi connectivity index (χ2v) is 6.56. The number of benzene rings is 1. The topological polar surface area (TPSA) is 63.6 Å². The summed E-state index contributed by atoms with van der Waals surface area (Å²) < 4.78 is 24.1. The fourth-order valence-electron chi connectivity index (χ4n) is 1.29. The van der Waals surface area contributed by atoms with Gasteiger partial charge in [-0.15, -0.1) is 0 Å². The highest BCUT2D eigenvalue weighted by atomic mass is 127. The highest BCUT2D eigenvalue weighted by molar-refractivity contribution is 14.1. The Balaban J connectivity index is 3.12. The van der Waals surface area contributed by atoms with E-state index in [4.69, 9.17) is 5.26 Å². The molecule has 0 saturated carbocycles. The fourth-order valence-corrected chi connectivity index (χ4v) is 4.06. The van der Waals surface area contributed by atoms with Crippen LogP contribution in [0.5, 0.6) is 0 Å². The van der Waals surface area contributed by atoms with Gasteiger partial charge in [-0.05, 0) is 30.2 Å². The number of rotatable bonds is 5. The van der Waals surface area contributed by atoms with Crippen molar-refractivity contribution in [1.82, 2.24) is 0 Å². The predicted octanol–water partition coefficient (Wildman–Crippen LogP) is 2.19. The minimum Gasteiger partial charge on any atom is -0.251 e. The lowest BCUT2D eigenvalue weighted by molar-refractivity contribution is -0.253. The SMILES string of the molecule is Cc1ccc(S(=O)(=O)CCI)cc1COO. The smallest absolute Gasteiger partial charge is 0.179 e. The molecule has 0 unspecified atom stereocenters. The second kappa shape index (κ2) is 5.95. The van der Waals surface area contributed by atoms with Crippen LogP contribution in [0.15, 0.2) is 23.1 Å². The molecule has 0 heterocycles. The van der Waals surface area contributed by atoms with E-state index in [2.05, 4.69) is 4.89 Å². The van der Waals surface area contributed by atoms with Gasteiger partial charge in [0.05, 0.1) is 10.6 Å². The summed E-state index contributed by atoms with van der Waals surface area (Å²) in [5, 5.41) is 8.39. The Kier molecular flexibility index (Phi) is 5.16. The quantitative estimate of drug-likeness (QED) is 0.380. The summed E-state index contributed by atoms with van der Waals surface area (Å²) in [5.41, 5.74) is 1.57. The molecule has 90 valence electrons. The van der Waals surface area contributed by atoms with Crippen molar-refractivity contribution in [2.45, 2.75) is 18.4 Å². The highest BCUT2D eigenvalue weighted by Gasteiger charge is 2.14. The van der Waals surface area contributed by atoms with E-state index in [9.17, 15) is 8.42 Å². The van der Waals surface area contributed by atoms with Gasteiger partial charge < -0.3 is 0 Å². The van der Waals surface area contributed by atoms with E-state index < -0.39 is 9.84 Å². The van der Waals surface area contributed by atoms with Crippen molar-refractivity contribution in [2.75, 3.05) is 10.2 Å². The van der Waals surface area contributed by atoms with Crippen LogP contribution in [0.4, 0.5) is 0 Å². The molecule has 0 saturated heterocycles. The molecule has 0 aliphatic rings. The lowest BCUT2D eigenvalue weighted by Crippen LogP contribution is -2.08. The molecule has 1 aromatic carbocycles. The van der Waals surface area contributed by atoms with E-state index in [0.29, 0.717) is 9.99 Å². The van der Waals surface area contributed by atoms with E-state index in [1.54, 1.807) is 18.2 Å². The van der Waals surface area contributed by atoms with E-state index >= 15 is 0 Å². The Labute approximate surface area is 109 Å². The van der Waals surface area contributed by atoms with E-state index in [0.717, 1.165) is 5.56 Å². The molecular weight excluding hydrogens is 343 g/mol. The van der Waals surface area contributed by atoms with Crippen LogP contribution < -0.4 is 0 Å². The minimum atomic E-state index is -3.21. The van der Waals surface area contributed by atoms with Crippen LogP contribution in [-0.4, -0.2) is 23.9 Å². The van der Waals surface area contributed by atoms with Gasteiger partial charge in [-0.2, -0.15) is 0 Å². The van der Waals surface area contributed by atoms with Crippen LogP contribution in [0.3, 0.4) is 0 Å². The van der Waals surface area contributed by atoms with Gasteiger partial charge in [-0.25, -0.2) is 13.3 Å².